The molecular weight excluding hydrogens is 244 g/mol. The highest BCUT2D eigenvalue weighted by Gasteiger charge is 2.11. The lowest BCUT2D eigenvalue weighted by atomic mass is 9.92. The average molecular weight is 272 g/mol. The van der Waals surface area contributed by atoms with Crippen LogP contribution in [0.1, 0.15) is 52.5 Å². The normalized spacial score (nSPS) is 16.9. The lowest BCUT2D eigenvalue weighted by Crippen LogP contribution is -2.32. The fraction of sp³-hybridized carbons (Fsp3) is 0.500. The quantitative estimate of drug-likeness (QED) is 0.791. The third-order valence-corrected chi connectivity index (χ3v) is 3.63. The zero-order valence-corrected chi connectivity index (χ0v) is 13.5. The first-order chi connectivity index (χ1) is 9.63. The lowest BCUT2D eigenvalue weighted by molar-refractivity contribution is 0.490. The molecule has 1 N–H and O–H groups in total. The standard InChI is InChI=1S/C18H28N2/c1-6-16-10-9-11-17(18(16)13-19-7-2)14(4)12-15(5)20-8-3/h6-7,9-11,13-15,20H,8,12H2,1-5H3/b16-6-,18-13+,19-7?/t14-,15+/m1/s1. The van der Waals surface area contributed by atoms with E-state index in [1.807, 2.05) is 19.3 Å². The van der Waals surface area contributed by atoms with Crippen molar-refractivity contribution in [3.05, 3.63) is 34.2 Å². The van der Waals surface area contributed by atoms with Crippen LogP contribution >= 0.6 is 0 Å². The minimum absolute atomic E-state index is 0.516. The van der Waals surface area contributed by atoms with E-state index < -0.39 is 0 Å². The smallest absolute Gasteiger partial charge is 0.0345 e. The predicted molar refractivity (Wildman–Crippen MR) is 90.6 cm³/mol. The number of nitrogens with zero attached hydrogens (tertiary/aromatic N) is 1. The Balaban J connectivity index is 3.18. The maximum Gasteiger partial charge on any atom is 0.0345 e. The topological polar surface area (TPSA) is 24.4 Å². The average Bonchev–Trinajstić information content (AvgIpc) is 2.44. The first kappa shape index (κ1) is 16.6. The van der Waals surface area contributed by atoms with E-state index in [2.05, 4.69) is 62.3 Å². The molecule has 0 saturated carbocycles. The summed E-state index contributed by atoms with van der Waals surface area (Å²) >= 11 is 0. The second-order valence-corrected chi connectivity index (χ2v) is 5.27. The number of hydrogen-bond acceptors (Lipinski definition) is 2. The van der Waals surface area contributed by atoms with Crippen LogP contribution in [0.2, 0.25) is 0 Å². The number of nitrogens with one attached hydrogen (secondary N) is 1. The summed E-state index contributed by atoms with van der Waals surface area (Å²) < 4.78 is 0. The Morgan fingerprint density at radius 1 is 1.25 bits per heavy atom. The third kappa shape index (κ3) is 4.61. The molecule has 0 heterocycles. The minimum atomic E-state index is 0.516. The predicted octanol–water partition coefficient (Wildman–Crippen LogP) is 2.81. The van der Waals surface area contributed by atoms with E-state index in [4.69, 9.17) is 0 Å². The van der Waals surface area contributed by atoms with Crippen LogP contribution in [-0.2, 0) is 0 Å². The number of hydrogen-bond donors (Lipinski definition) is 1. The summed E-state index contributed by atoms with van der Waals surface area (Å²) in [5.74, 6) is 0.516. The monoisotopic (exact) mass is 272 g/mol. The molecule has 0 aliphatic rings. The summed E-state index contributed by atoms with van der Waals surface area (Å²) in [6, 6.07) is 7.06. The Bertz CT molecular complexity index is 543. The maximum atomic E-state index is 4.32. The SMILES string of the molecule is CC=N/C=c1/c([C@H](C)C[C@H](C)NCC)ccc/c1=C/C. The van der Waals surface area contributed by atoms with Crippen LogP contribution in [0.15, 0.2) is 23.2 Å². The molecule has 20 heavy (non-hydrogen) atoms. The van der Waals surface area contributed by atoms with Gasteiger partial charge in [0.2, 0.25) is 0 Å². The first-order valence-corrected chi connectivity index (χ1v) is 7.60. The summed E-state index contributed by atoms with van der Waals surface area (Å²) in [7, 11) is 0. The van der Waals surface area contributed by atoms with Crippen molar-refractivity contribution in [1.82, 2.24) is 5.32 Å². The molecule has 110 valence electrons. The highest BCUT2D eigenvalue weighted by molar-refractivity contribution is 5.58. The number of rotatable bonds is 6. The van der Waals surface area contributed by atoms with E-state index in [9.17, 15) is 0 Å². The van der Waals surface area contributed by atoms with Crippen molar-refractivity contribution < 1.29 is 0 Å². The molecule has 0 spiro atoms. The van der Waals surface area contributed by atoms with Gasteiger partial charge in [0.1, 0.15) is 0 Å². The van der Waals surface area contributed by atoms with Gasteiger partial charge in [-0.3, -0.25) is 4.99 Å². The van der Waals surface area contributed by atoms with Crippen molar-refractivity contribution in [2.75, 3.05) is 6.54 Å². The molecule has 0 aliphatic carbocycles. The van der Waals surface area contributed by atoms with Crippen LogP contribution in [0.25, 0.3) is 12.3 Å². The van der Waals surface area contributed by atoms with Gasteiger partial charge in [-0.2, -0.15) is 0 Å². The zero-order chi connectivity index (χ0) is 15.0. The molecule has 1 aromatic rings. The Morgan fingerprint density at radius 2 is 2.00 bits per heavy atom. The van der Waals surface area contributed by atoms with Gasteiger partial charge in [-0.15, -0.1) is 0 Å². The zero-order valence-electron chi connectivity index (χ0n) is 13.5. The van der Waals surface area contributed by atoms with Crippen molar-refractivity contribution in [2.24, 2.45) is 4.99 Å². The van der Waals surface area contributed by atoms with Gasteiger partial charge in [-0.25, -0.2) is 0 Å². The summed E-state index contributed by atoms with van der Waals surface area (Å²) in [5.41, 5.74) is 1.39. The Morgan fingerprint density at radius 3 is 2.60 bits per heavy atom. The van der Waals surface area contributed by atoms with Gasteiger partial charge < -0.3 is 5.32 Å². The minimum Gasteiger partial charge on any atom is -0.315 e. The van der Waals surface area contributed by atoms with Crippen molar-refractivity contribution in [3.8, 4) is 0 Å². The van der Waals surface area contributed by atoms with Gasteiger partial charge >= 0.3 is 0 Å². The molecule has 0 unspecified atom stereocenters. The number of benzene rings is 1. The van der Waals surface area contributed by atoms with Gasteiger partial charge in [-0.1, -0.05) is 38.1 Å². The molecular formula is C18H28N2. The van der Waals surface area contributed by atoms with Crippen LogP contribution in [0.3, 0.4) is 0 Å². The molecule has 0 radical (unpaired) electrons. The largest absolute Gasteiger partial charge is 0.315 e. The Kier molecular flexibility index (Phi) is 7.24. The molecule has 1 aromatic carbocycles. The third-order valence-electron chi connectivity index (χ3n) is 3.63. The van der Waals surface area contributed by atoms with Crippen LogP contribution < -0.4 is 15.8 Å². The molecule has 0 saturated heterocycles. The molecule has 0 amide bonds. The van der Waals surface area contributed by atoms with Crippen LogP contribution in [0.5, 0.6) is 0 Å². The highest BCUT2D eigenvalue weighted by Crippen LogP contribution is 2.16. The molecule has 0 fully saturated rings. The Hall–Kier alpha value is -1.41. The first-order valence-electron chi connectivity index (χ1n) is 7.60. The summed E-state index contributed by atoms with van der Waals surface area (Å²) in [4.78, 5) is 4.32. The molecule has 2 heteroatoms. The second kappa shape index (κ2) is 8.70. The van der Waals surface area contributed by atoms with Gasteiger partial charge in [-0.05, 0) is 50.4 Å². The number of aliphatic imine (C=N–C) groups is 1. The van der Waals surface area contributed by atoms with Crippen LogP contribution in [0.4, 0.5) is 0 Å². The summed E-state index contributed by atoms with van der Waals surface area (Å²) in [5, 5.41) is 6.00. The summed E-state index contributed by atoms with van der Waals surface area (Å²) in [6.45, 7) is 11.8. The molecule has 2 atom stereocenters. The molecule has 0 aliphatic heterocycles. The summed E-state index contributed by atoms with van der Waals surface area (Å²) in [6.07, 6.45) is 7.11. The van der Waals surface area contributed by atoms with Crippen molar-refractivity contribution in [1.29, 1.82) is 0 Å². The molecule has 0 bridgehead atoms. The maximum absolute atomic E-state index is 4.32. The van der Waals surface area contributed by atoms with E-state index in [-0.39, 0.29) is 0 Å². The molecule has 2 nitrogen and oxygen atoms in total. The van der Waals surface area contributed by atoms with E-state index in [0.717, 1.165) is 13.0 Å². The van der Waals surface area contributed by atoms with Crippen LogP contribution in [-0.4, -0.2) is 18.8 Å². The van der Waals surface area contributed by atoms with Crippen molar-refractivity contribution in [2.45, 2.75) is 53.0 Å². The van der Waals surface area contributed by atoms with Gasteiger partial charge in [0.05, 0.1) is 0 Å². The van der Waals surface area contributed by atoms with E-state index in [1.54, 1.807) is 0 Å². The van der Waals surface area contributed by atoms with E-state index in [1.165, 1.54) is 16.0 Å². The highest BCUT2D eigenvalue weighted by atomic mass is 14.9. The van der Waals surface area contributed by atoms with Gasteiger partial charge in [0.25, 0.3) is 0 Å². The molecule has 0 aromatic heterocycles. The second-order valence-electron chi connectivity index (χ2n) is 5.27. The van der Waals surface area contributed by atoms with Gasteiger partial charge in [0, 0.05) is 23.7 Å². The molecule has 1 rings (SSSR count). The van der Waals surface area contributed by atoms with Crippen molar-refractivity contribution >= 4 is 18.5 Å². The fourth-order valence-corrected chi connectivity index (χ4v) is 2.67. The van der Waals surface area contributed by atoms with Gasteiger partial charge in [0.15, 0.2) is 0 Å². The van der Waals surface area contributed by atoms with Crippen LogP contribution in [0, 0.1) is 0 Å². The lowest BCUT2D eigenvalue weighted by Gasteiger charge is -2.19. The van der Waals surface area contributed by atoms with E-state index in [0.29, 0.717) is 12.0 Å². The van der Waals surface area contributed by atoms with E-state index >= 15 is 0 Å². The Labute approximate surface area is 123 Å². The fourth-order valence-electron chi connectivity index (χ4n) is 2.67. The van der Waals surface area contributed by atoms with Crippen molar-refractivity contribution in [3.63, 3.8) is 0 Å².